The van der Waals surface area contributed by atoms with Crippen LogP contribution in [0.5, 0.6) is 0 Å². The molecule has 1 aliphatic heterocycles. The van der Waals surface area contributed by atoms with Gasteiger partial charge in [0.25, 0.3) is 0 Å². The van der Waals surface area contributed by atoms with E-state index in [1.54, 1.807) is 6.07 Å². The van der Waals surface area contributed by atoms with Gasteiger partial charge >= 0.3 is 5.97 Å². The number of halogens is 2. The van der Waals surface area contributed by atoms with Gasteiger partial charge in [0.05, 0.1) is 17.3 Å². The van der Waals surface area contributed by atoms with E-state index >= 15 is 0 Å². The fourth-order valence-corrected chi connectivity index (χ4v) is 4.43. The van der Waals surface area contributed by atoms with Crippen molar-refractivity contribution in [1.29, 1.82) is 0 Å². The Kier molecular flexibility index (Phi) is 3.89. The van der Waals surface area contributed by atoms with Crippen LogP contribution >= 0.6 is 27.5 Å². The van der Waals surface area contributed by atoms with Crippen molar-refractivity contribution < 1.29 is 9.90 Å². The van der Waals surface area contributed by atoms with Crippen LogP contribution in [0.15, 0.2) is 53.0 Å². The summed E-state index contributed by atoms with van der Waals surface area (Å²) in [5, 5.41) is 13.8. The zero-order valence-electron chi connectivity index (χ0n) is 12.7. The Bertz CT molecular complexity index is 847. The largest absolute Gasteiger partial charge is 0.478 e. The minimum Gasteiger partial charge on any atom is -0.478 e. The average molecular weight is 405 g/mol. The summed E-state index contributed by atoms with van der Waals surface area (Å²) in [5.41, 5.74) is 3.20. The summed E-state index contributed by atoms with van der Waals surface area (Å²) in [6, 6.07) is 11.5. The third-order valence-corrected chi connectivity index (χ3v) is 5.60. The first-order chi connectivity index (χ1) is 11.5. The van der Waals surface area contributed by atoms with Crippen LogP contribution in [0, 0.1) is 5.92 Å². The van der Waals surface area contributed by atoms with Crippen molar-refractivity contribution in [2.45, 2.75) is 18.4 Å². The van der Waals surface area contributed by atoms with Gasteiger partial charge in [-0.2, -0.15) is 0 Å². The summed E-state index contributed by atoms with van der Waals surface area (Å²) in [6.45, 7) is 0. The molecule has 3 nitrogen and oxygen atoms in total. The fraction of sp³-hybridized carbons (Fsp3) is 0.211. The van der Waals surface area contributed by atoms with Crippen molar-refractivity contribution >= 4 is 39.2 Å². The highest BCUT2D eigenvalue weighted by molar-refractivity contribution is 9.10. The molecule has 24 heavy (non-hydrogen) atoms. The van der Waals surface area contributed by atoms with E-state index in [-0.39, 0.29) is 12.0 Å². The minimum atomic E-state index is -0.921. The van der Waals surface area contributed by atoms with E-state index in [9.17, 15) is 9.90 Å². The van der Waals surface area contributed by atoms with E-state index in [4.69, 9.17) is 11.6 Å². The second kappa shape index (κ2) is 5.94. The quantitative estimate of drug-likeness (QED) is 0.638. The highest BCUT2D eigenvalue weighted by atomic mass is 79.9. The lowest BCUT2D eigenvalue weighted by molar-refractivity contribution is 0.0697. The van der Waals surface area contributed by atoms with Crippen molar-refractivity contribution in [1.82, 2.24) is 0 Å². The van der Waals surface area contributed by atoms with Crippen molar-refractivity contribution in [3.05, 3.63) is 74.7 Å². The molecular weight excluding hydrogens is 390 g/mol. The van der Waals surface area contributed by atoms with E-state index in [2.05, 4.69) is 33.4 Å². The smallest absolute Gasteiger partial charge is 0.337 e. The Morgan fingerprint density at radius 2 is 2.00 bits per heavy atom. The van der Waals surface area contributed by atoms with Crippen LogP contribution in [-0.4, -0.2) is 11.1 Å². The Hall–Kier alpha value is -1.78. The van der Waals surface area contributed by atoms with Crippen molar-refractivity contribution in [2.24, 2.45) is 5.92 Å². The number of benzene rings is 2. The maximum absolute atomic E-state index is 11.7. The first kappa shape index (κ1) is 15.7. The Balaban J connectivity index is 1.86. The van der Waals surface area contributed by atoms with Gasteiger partial charge in [0.1, 0.15) is 0 Å². The molecule has 0 saturated heterocycles. The van der Waals surface area contributed by atoms with Crippen molar-refractivity contribution in [2.75, 3.05) is 5.32 Å². The lowest BCUT2D eigenvalue weighted by Crippen LogP contribution is -2.30. The average Bonchev–Trinajstić information content (AvgIpc) is 3.04. The molecule has 0 unspecified atom stereocenters. The lowest BCUT2D eigenvalue weighted by atomic mass is 9.76. The summed E-state index contributed by atoms with van der Waals surface area (Å²) >= 11 is 9.46. The number of nitrogens with one attached hydrogen (secondary N) is 1. The molecule has 2 aliphatic rings. The monoisotopic (exact) mass is 403 g/mol. The number of carbonyl (C=O) groups is 1. The van der Waals surface area contributed by atoms with Gasteiger partial charge in [-0.05, 0) is 47.7 Å². The van der Waals surface area contributed by atoms with Gasteiger partial charge in [-0.3, -0.25) is 0 Å². The molecule has 0 fully saturated rings. The number of allylic oxidation sites excluding steroid dienone is 2. The summed E-state index contributed by atoms with van der Waals surface area (Å²) in [6.07, 6.45) is 5.36. The van der Waals surface area contributed by atoms with Crippen molar-refractivity contribution in [3.8, 4) is 0 Å². The SMILES string of the molecule is O=C(O)c1cc(Br)cc2c1N[C@@H](c1ccc(Cl)cc1)[C@H]1CC=C[C@H]21. The first-order valence-corrected chi connectivity index (χ1v) is 8.97. The number of hydrogen-bond acceptors (Lipinski definition) is 2. The summed E-state index contributed by atoms with van der Waals surface area (Å²) < 4.78 is 0.796. The molecule has 2 N–H and O–H groups in total. The normalized spacial score (nSPS) is 24.2. The molecular formula is C19H15BrClNO2. The van der Waals surface area contributed by atoms with Gasteiger partial charge < -0.3 is 10.4 Å². The molecule has 0 radical (unpaired) electrons. The number of rotatable bonds is 2. The fourth-order valence-electron chi connectivity index (χ4n) is 3.83. The standard InChI is InChI=1S/C19H15BrClNO2/c20-11-8-15-13-2-1-3-14(13)17(10-4-6-12(21)7-5-10)22-18(15)16(9-11)19(23)24/h1-2,4-9,13-14,17,22H,3H2,(H,23,24)/t13-,14-,17-/m0/s1. The van der Waals surface area contributed by atoms with Crippen LogP contribution in [0.25, 0.3) is 0 Å². The molecule has 0 amide bonds. The molecule has 0 aromatic heterocycles. The van der Waals surface area contributed by atoms with Crippen molar-refractivity contribution in [3.63, 3.8) is 0 Å². The number of carboxylic acid groups (broad SMARTS) is 1. The molecule has 4 rings (SSSR count). The zero-order valence-corrected chi connectivity index (χ0v) is 15.0. The highest BCUT2D eigenvalue weighted by Crippen LogP contribution is 2.51. The Labute approximate surface area is 153 Å². The Morgan fingerprint density at radius 1 is 1.25 bits per heavy atom. The number of anilines is 1. The van der Waals surface area contributed by atoms with Gasteiger partial charge in [0.2, 0.25) is 0 Å². The van der Waals surface area contributed by atoms with Crippen LogP contribution in [0.2, 0.25) is 5.02 Å². The number of carboxylic acids is 1. The van der Waals surface area contributed by atoms with E-state index in [0.29, 0.717) is 16.5 Å². The molecule has 0 saturated carbocycles. The second-order valence-corrected chi connectivity index (χ2v) is 7.60. The summed E-state index contributed by atoms with van der Waals surface area (Å²) in [7, 11) is 0. The highest BCUT2D eigenvalue weighted by Gasteiger charge is 2.39. The van der Waals surface area contributed by atoms with Gasteiger partial charge in [-0.15, -0.1) is 0 Å². The number of hydrogen-bond donors (Lipinski definition) is 2. The predicted molar refractivity (Wildman–Crippen MR) is 98.9 cm³/mol. The predicted octanol–water partition coefficient (Wildman–Crippen LogP) is 5.63. The third-order valence-electron chi connectivity index (χ3n) is 4.89. The van der Waals surface area contributed by atoms with Crippen LogP contribution in [-0.2, 0) is 0 Å². The lowest BCUT2D eigenvalue weighted by Gasteiger charge is -2.38. The van der Waals surface area contributed by atoms with Crippen LogP contribution in [0.4, 0.5) is 5.69 Å². The number of fused-ring (bicyclic) bond motifs is 3. The number of aromatic carboxylic acids is 1. The van der Waals surface area contributed by atoms with Crippen LogP contribution in [0.1, 0.15) is 39.9 Å². The van der Waals surface area contributed by atoms with E-state index in [1.807, 2.05) is 30.3 Å². The third kappa shape index (κ3) is 2.54. The zero-order chi connectivity index (χ0) is 16.8. The molecule has 5 heteroatoms. The van der Waals surface area contributed by atoms with E-state index in [1.165, 1.54) is 0 Å². The molecule has 2 aromatic carbocycles. The molecule has 0 bridgehead atoms. The van der Waals surface area contributed by atoms with Gasteiger partial charge in [-0.25, -0.2) is 4.79 Å². The first-order valence-electron chi connectivity index (χ1n) is 7.80. The van der Waals surface area contributed by atoms with Crippen LogP contribution in [0.3, 0.4) is 0 Å². The minimum absolute atomic E-state index is 0.0639. The maximum atomic E-state index is 11.7. The van der Waals surface area contributed by atoms with E-state index in [0.717, 1.165) is 27.7 Å². The summed E-state index contributed by atoms with van der Waals surface area (Å²) in [4.78, 5) is 11.7. The molecule has 3 atom stereocenters. The topological polar surface area (TPSA) is 49.3 Å². The summed E-state index contributed by atoms with van der Waals surface area (Å²) in [5.74, 6) is -0.331. The van der Waals surface area contributed by atoms with E-state index < -0.39 is 5.97 Å². The molecule has 1 aliphatic carbocycles. The molecule has 122 valence electrons. The van der Waals surface area contributed by atoms with Gasteiger partial charge in [0, 0.05) is 15.4 Å². The molecule has 0 spiro atoms. The molecule has 1 heterocycles. The molecule has 2 aromatic rings. The van der Waals surface area contributed by atoms with Gasteiger partial charge in [0.15, 0.2) is 0 Å². The maximum Gasteiger partial charge on any atom is 0.337 e. The van der Waals surface area contributed by atoms with Gasteiger partial charge in [-0.1, -0.05) is 51.8 Å². The Morgan fingerprint density at radius 3 is 2.71 bits per heavy atom. The second-order valence-electron chi connectivity index (χ2n) is 6.25. The van der Waals surface area contributed by atoms with Crippen LogP contribution < -0.4 is 5.32 Å².